The van der Waals surface area contributed by atoms with Crippen LogP contribution in [0.25, 0.3) is 0 Å². The van der Waals surface area contributed by atoms with E-state index in [4.69, 9.17) is 11.6 Å². The third kappa shape index (κ3) is 4.22. The fourth-order valence-corrected chi connectivity index (χ4v) is 3.58. The molecule has 0 aliphatic carbocycles. The third-order valence-corrected chi connectivity index (χ3v) is 5.08. The molecule has 0 spiro atoms. The quantitative estimate of drug-likeness (QED) is 0.843. The van der Waals surface area contributed by atoms with Gasteiger partial charge in [-0.2, -0.15) is 0 Å². The Hall–Kier alpha value is -2.60. The van der Waals surface area contributed by atoms with Gasteiger partial charge in [-0.25, -0.2) is 4.39 Å². The van der Waals surface area contributed by atoms with E-state index in [9.17, 15) is 14.0 Å². The van der Waals surface area contributed by atoms with Gasteiger partial charge in [-0.15, -0.1) is 0 Å². The van der Waals surface area contributed by atoms with Crippen LogP contribution >= 0.6 is 11.6 Å². The van der Waals surface area contributed by atoms with Crippen molar-refractivity contribution in [3.63, 3.8) is 0 Å². The molecule has 0 aromatic heterocycles. The van der Waals surface area contributed by atoms with E-state index in [0.29, 0.717) is 42.2 Å². The van der Waals surface area contributed by atoms with Crippen molar-refractivity contribution in [3.8, 4) is 0 Å². The maximum Gasteiger partial charge on any atom is 0.253 e. The van der Waals surface area contributed by atoms with Gasteiger partial charge in [-0.05, 0) is 49.2 Å². The van der Waals surface area contributed by atoms with Gasteiger partial charge < -0.3 is 15.5 Å². The average molecular weight is 390 g/mol. The molecule has 1 aliphatic heterocycles. The number of piperidine rings is 1. The fraction of sp³-hybridized carbons (Fsp3) is 0.300. The van der Waals surface area contributed by atoms with Crippen molar-refractivity contribution in [1.29, 1.82) is 0 Å². The van der Waals surface area contributed by atoms with Crippen molar-refractivity contribution >= 4 is 29.1 Å². The second-order valence-electron chi connectivity index (χ2n) is 6.60. The monoisotopic (exact) mass is 389 g/mol. The molecule has 0 unspecified atom stereocenters. The van der Waals surface area contributed by atoms with Crippen LogP contribution in [0.3, 0.4) is 0 Å². The minimum absolute atomic E-state index is 0.117. The Morgan fingerprint density at radius 3 is 2.44 bits per heavy atom. The van der Waals surface area contributed by atoms with Gasteiger partial charge in [-0.1, -0.05) is 23.7 Å². The highest BCUT2D eigenvalue weighted by molar-refractivity contribution is 6.30. The van der Waals surface area contributed by atoms with Crippen molar-refractivity contribution in [1.82, 2.24) is 10.2 Å². The summed E-state index contributed by atoms with van der Waals surface area (Å²) in [5.41, 5.74) is 0.162. The predicted octanol–water partition coefficient (Wildman–Crippen LogP) is 3.31. The molecule has 1 saturated heterocycles. The molecule has 2 N–H and O–H groups in total. The molecule has 1 aliphatic rings. The standard InChI is InChI=1S/C20H21ClFN3O2/c1-23-19(27)20(24-17-7-3-6-16(22)13-17)8-10-25(11-9-20)18(26)14-4-2-5-15(21)12-14/h2-7,12-13,24H,8-11H2,1H3,(H,23,27). The average Bonchev–Trinajstić information content (AvgIpc) is 2.67. The largest absolute Gasteiger partial charge is 0.371 e. The van der Waals surface area contributed by atoms with Gasteiger partial charge in [0.1, 0.15) is 11.4 Å². The summed E-state index contributed by atoms with van der Waals surface area (Å²) in [4.78, 5) is 27.0. The highest BCUT2D eigenvalue weighted by Crippen LogP contribution is 2.29. The molecule has 0 radical (unpaired) electrons. The van der Waals surface area contributed by atoms with E-state index in [0.717, 1.165) is 0 Å². The first-order valence-corrected chi connectivity index (χ1v) is 9.12. The number of rotatable bonds is 4. The number of likely N-dealkylation sites (tertiary alicyclic amines) is 1. The Morgan fingerprint density at radius 2 is 1.81 bits per heavy atom. The van der Waals surface area contributed by atoms with E-state index in [1.807, 2.05) is 0 Å². The second kappa shape index (κ2) is 7.96. The van der Waals surface area contributed by atoms with Gasteiger partial charge in [-0.3, -0.25) is 9.59 Å². The third-order valence-electron chi connectivity index (χ3n) is 4.85. The molecular weight excluding hydrogens is 369 g/mol. The first-order valence-electron chi connectivity index (χ1n) is 8.74. The Kier molecular flexibility index (Phi) is 5.65. The number of nitrogens with one attached hydrogen (secondary N) is 2. The van der Waals surface area contributed by atoms with Gasteiger partial charge in [0.05, 0.1) is 0 Å². The van der Waals surface area contributed by atoms with Gasteiger partial charge in [0.15, 0.2) is 0 Å². The van der Waals surface area contributed by atoms with Gasteiger partial charge in [0.2, 0.25) is 5.91 Å². The molecule has 142 valence electrons. The van der Waals surface area contributed by atoms with Crippen molar-refractivity contribution in [2.45, 2.75) is 18.4 Å². The molecule has 27 heavy (non-hydrogen) atoms. The van der Waals surface area contributed by atoms with E-state index >= 15 is 0 Å². The number of amides is 2. The van der Waals surface area contributed by atoms with Gasteiger partial charge >= 0.3 is 0 Å². The van der Waals surface area contributed by atoms with Crippen molar-refractivity contribution in [2.24, 2.45) is 0 Å². The van der Waals surface area contributed by atoms with Crippen LogP contribution in [0, 0.1) is 5.82 Å². The number of carbonyl (C=O) groups excluding carboxylic acids is 2. The number of hydrogen-bond acceptors (Lipinski definition) is 3. The molecule has 0 atom stereocenters. The summed E-state index contributed by atoms with van der Waals surface area (Å²) in [7, 11) is 1.57. The Labute approximate surface area is 162 Å². The highest BCUT2D eigenvalue weighted by atomic mass is 35.5. The molecule has 5 nitrogen and oxygen atoms in total. The first-order chi connectivity index (χ1) is 12.9. The summed E-state index contributed by atoms with van der Waals surface area (Å²) in [5.74, 6) is -0.670. The number of hydrogen-bond donors (Lipinski definition) is 2. The van der Waals surface area contributed by atoms with Crippen LogP contribution in [0.15, 0.2) is 48.5 Å². The lowest BCUT2D eigenvalue weighted by atomic mass is 9.85. The normalized spacial score (nSPS) is 15.9. The van der Waals surface area contributed by atoms with E-state index in [2.05, 4.69) is 10.6 Å². The molecule has 0 saturated carbocycles. The molecule has 2 aromatic rings. The van der Waals surface area contributed by atoms with Crippen LogP contribution in [0.4, 0.5) is 10.1 Å². The summed E-state index contributed by atoms with van der Waals surface area (Å²) in [6.45, 7) is 0.808. The van der Waals surface area contributed by atoms with Crippen LogP contribution in [0.1, 0.15) is 23.2 Å². The van der Waals surface area contributed by atoms with E-state index in [1.54, 1.807) is 48.3 Å². The highest BCUT2D eigenvalue weighted by Gasteiger charge is 2.42. The predicted molar refractivity (Wildman–Crippen MR) is 103 cm³/mol. The maximum atomic E-state index is 13.5. The van der Waals surface area contributed by atoms with E-state index < -0.39 is 5.54 Å². The van der Waals surface area contributed by atoms with E-state index in [-0.39, 0.29) is 17.6 Å². The van der Waals surface area contributed by atoms with Crippen LogP contribution < -0.4 is 10.6 Å². The fourth-order valence-electron chi connectivity index (χ4n) is 3.39. The molecule has 2 amide bonds. The second-order valence-corrected chi connectivity index (χ2v) is 7.04. The molecule has 0 bridgehead atoms. The molecule has 7 heteroatoms. The summed E-state index contributed by atoms with van der Waals surface area (Å²) in [6.07, 6.45) is 0.824. The smallest absolute Gasteiger partial charge is 0.253 e. The Bertz CT molecular complexity index is 851. The molecule has 2 aromatic carbocycles. The zero-order valence-corrected chi connectivity index (χ0v) is 15.7. The van der Waals surface area contributed by atoms with Crippen LogP contribution in [0.5, 0.6) is 0 Å². The van der Waals surface area contributed by atoms with Crippen LogP contribution in [-0.2, 0) is 4.79 Å². The summed E-state index contributed by atoms with van der Waals surface area (Å²) in [5, 5.41) is 6.37. The number of anilines is 1. The summed E-state index contributed by atoms with van der Waals surface area (Å²) < 4.78 is 13.5. The SMILES string of the molecule is CNC(=O)C1(Nc2cccc(F)c2)CCN(C(=O)c2cccc(Cl)c2)CC1. The number of benzene rings is 2. The summed E-state index contributed by atoms with van der Waals surface area (Å²) >= 11 is 5.97. The minimum Gasteiger partial charge on any atom is -0.371 e. The molecular formula is C20H21ClFN3O2. The van der Waals surface area contributed by atoms with Crippen molar-refractivity contribution in [3.05, 3.63) is 64.9 Å². The van der Waals surface area contributed by atoms with Crippen molar-refractivity contribution in [2.75, 3.05) is 25.5 Å². The lowest BCUT2D eigenvalue weighted by molar-refractivity contribution is -0.126. The zero-order chi connectivity index (χ0) is 19.4. The lowest BCUT2D eigenvalue weighted by Crippen LogP contribution is -2.58. The molecule has 1 heterocycles. The van der Waals surface area contributed by atoms with Crippen LogP contribution in [0.2, 0.25) is 5.02 Å². The van der Waals surface area contributed by atoms with E-state index in [1.165, 1.54) is 12.1 Å². The first kappa shape index (κ1) is 19.2. The topological polar surface area (TPSA) is 61.4 Å². The van der Waals surface area contributed by atoms with Gasteiger partial charge in [0, 0.05) is 36.4 Å². The molecule has 1 fully saturated rings. The van der Waals surface area contributed by atoms with Gasteiger partial charge in [0.25, 0.3) is 5.91 Å². The Balaban J connectivity index is 1.76. The summed E-state index contributed by atoms with van der Waals surface area (Å²) in [6, 6.07) is 12.8. The number of halogens is 2. The molecule has 3 rings (SSSR count). The minimum atomic E-state index is -0.895. The number of nitrogens with zero attached hydrogens (tertiary/aromatic N) is 1. The zero-order valence-electron chi connectivity index (χ0n) is 15.0. The van der Waals surface area contributed by atoms with Crippen molar-refractivity contribution < 1.29 is 14.0 Å². The number of likely N-dealkylation sites (N-methyl/N-ethyl adjacent to an activating group) is 1. The maximum absolute atomic E-state index is 13.5. The lowest BCUT2D eigenvalue weighted by Gasteiger charge is -2.41. The van der Waals surface area contributed by atoms with Crippen LogP contribution in [-0.4, -0.2) is 42.4 Å². The Morgan fingerprint density at radius 1 is 1.11 bits per heavy atom. The number of carbonyl (C=O) groups is 2.